The molecule has 3 nitrogen and oxygen atoms in total. The van der Waals surface area contributed by atoms with E-state index in [1.54, 1.807) is 0 Å². The van der Waals surface area contributed by atoms with Crippen molar-refractivity contribution < 1.29 is 0 Å². The number of hydrogen-bond acceptors (Lipinski definition) is 2. The van der Waals surface area contributed by atoms with Crippen LogP contribution in [-0.2, 0) is 13.5 Å². The van der Waals surface area contributed by atoms with E-state index in [1.165, 1.54) is 5.56 Å². The topological polar surface area (TPSA) is 29.9 Å². The molecule has 0 amide bonds. The first-order chi connectivity index (χ1) is 9.11. The Hall–Kier alpha value is -1.32. The van der Waals surface area contributed by atoms with Gasteiger partial charge in [0.1, 0.15) is 5.82 Å². The van der Waals surface area contributed by atoms with Gasteiger partial charge in [0.2, 0.25) is 0 Å². The van der Waals surface area contributed by atoms with Gasteiger partial charge in [-0.05, 0) is 37.6 Å². The Kier molecular flexibility index (Phi) is 4.61. The van der Waals surface area contributed by atoms with Crippen LogP contribution in [-0.4, -0.2) is 16.6 Å². The molecular formula is C15H20ClN3. The van der Waals surface area contributed by atoms with Crippen LogP contribution in [0.4, 0.5) is 0 Å². The summed E-state index contributed by atoms with van der Waals surface area (Å²) >= 11 is 6.33. The molecule has 2 rings (SSSR count). The second-order valence-electron chi connectivity index (χ2n) is 4.86. The third-order valence-electron chi connectivity index (χ3n) is 3.46. The lowest BCUT2D eigenvalue weighted by molar-refractivity contribution is 0.536. The van der Waals surface area contributed by atoms with Crippen LogP contribution < -0.4 is 5.32 Å². The van der Waals surface area contributed by atoms with E-state index < -0.39 is 0 Å². The fourth-order valence-electron chi connectivity index (χ4n) is 2.28. The molecule has 2 aromatic rings. The molecule has 0 aliphatic carbocycles. The van der Waals surface area contributed by atoms with E-state index >= 15 is 0 Å². The quantitative estimate of drug-likeness (QED) is 0.909. The first kappa shape index (κ1) is 14.1. The zero-order chi connectivity index (χ0) is 13.8. The zero-order valence-electron chi connectivity index (χ0n) is 11.7. The normalized spacial score (nSPS) is 12.6. The summed E-state index contributed by atoms with van der Waals surface area (Å²) < 4.78 is 2.06. The molecule has 1 aromatic carbocycles. The van der Waals surface area contributed by atoms with E-state index in [-0.39, 0.29) is 6.04 Å². The predicted molar refractivity (Wildman–Crippen MR) is 79.5 cm³/mol. The molecule has 0 saturated heterocycles. The fourth-order valence-corrected chi connectivity index (χ4v) is 2.65. The Balaban J connectivity index is 2.10. The monoisotopic (exact) mass is 277 g/mol. The molecule has 4 heteroatoms. The molecular weight excluding hydrogens is 258 g/mol. The van der Waals surface area contributed by atoms with Crippen molar-refractivity contribution in [1.29, 1.82) is 0 Å². The van der Waals surface area contributed by atoms with Crippen molar-refractivity contribution in [3.8, 4) is 0 Å². The van der Waals surface area contributed by atoms with E-state index in [0.29, 0.717) is 0 Å². The Bertz CT molecular complexity index is 548. The summed E-state index contributed by atoms with van der Waals surface area (Å²) in [5, 5.41) is 4.17. The van der Waals surface area contributed by atoms with Crippen LogP contribution in [0.5, 0.6) is 0 Å². The molecule has 19 heavy (non-hydrogen) atoms. The van der Waals surface area contributed by atoms with Gasteiger partial charge in [-0.2, -0.15) is 0 Å². The van der Waals surface area contributed by atoms with E-state index in [0.717, 1.165) is 29.3 Å². The smallest absolute Gasteiger partial charge is 0.108 e. The van der Waals surface area contributed by atoms with Crippen LogP contribution in [0, 0.1) is 6.92 Å². The first-order valence-corrected chi connectivity index (χ1v) is 6.89. The van der Waals surface area contributed by atoms with Crippen LogP contribution in [0.2, 0.25) is 5.02 Å². The van der Waals surface area contributed by atoms with Gasteiger partial charge in [0.15, 0.2) is 0 Å². The maximum absolute atomic E-state index is 6.33. The lowest BCUT2D eigenvalue weighted by atomic mass is 10.0. The van der Waals surface area contributed by atoms with Crippen molar-refractivity contribution in [1.82, 2.24) is 14.9 Å². The van der Waals surface area contributed by atoms with Crippen molar-refractivity contribution in [3.63, 3.8) is 0 Å². The minimum atomic E-state index is 0.254. The summed E-state index contributed by atoms with van der Waals surface area (Å²) in [6.07, 6.45) is 5.72. The summed E-state index contributed by atoms with van der Waals surface area (Å²) in [6.45, 7) is 2.05. The Labute approximate surface area is 119 Å². The number of aromatic nitrogens is 2. The summed E-state index contributed by atoms with van der Waals surface area (Å²) in [5.41, 5.74) is 2.34. The van der Waals surface area contributed by atoms with Gasteiger partial charge in [-0.25, -0.2) is 4.98 Å². The first-order valence-electron chi connectivity index (χ1n) is 6.51. The number of halogens is 1. The van der Waals surface area contributed by atoms with Gasteiger partial charge in [0.25, 0.3) is 0 Å². The largest absolute Gasteiger partial charge is 0.338 e. The van der Waals surface area contributed by atoms with Crippen LogP contribution >= 0.6 is 11.6 Å². The van der Waals surface area contributed by atoms with Crippen molar-refractivity contribution in [2.75, 3.05) is 7.05 Å². The van der Waals surface area contributed by atoms with Gasteiger partial charge in [-0.1, -0.05) is 23.7 Å². The number of nitrogens with one attached hydrogen (secondary N) is 1. The van der Waals surface area contributed by atoms with Gasteiger partial charge in [-0.3, -0.25) is 0 Å². The number of benzene rings is 1. The SMILES string of the molecule is CNC(CCc1nccn1C)c1ccc(C)cc1Cl. The highest BCUT2D eigenvalue weighted by atomic mass is 35.5. The van der Waals surface area contributed by atoms with Crippen LogP contribution in [0.15, 0.2) is 30.6 Å². The van der Waals surface area contributed by atoms with E-state index in [4.69, 9.17) is 11.6 Å². The van der Waals surface area contributed by atoms with Crippen LogP contribution in [0.1, 0.15) is 29.4 Å². The average molecular weight is 278 g/mol. The zero-order valence-corrected chi connectivity index (χ0v) is 12.4. The molecule has 1 heterocycles. The highest BCUT2D eigenvalue weighted by molar-refractivity contribution is 6.31. The summed E-state index contributed by atoms with van der Waals surface area (Å²) in [6, 6.07) is 6.48. The molecule has 0 spiro atoms. The number of aryl methyl sites for hydroxylation is 3. The Morgan fingerprint density at radius 2 is 2.21 bits per heavy atom. The number of rotatable bonds is 5. The maximum Gasteiger partial charge on any atom is 0.108 e. The van der Waals surface area contributed by atoms with E-state index in [9.17, 15) is 0 Å². The molecule has 0 aliphatic rings. The molecule has 0 radical (unpaired) electrons. The predicted octanol–water partition coefficient (Wildman–Crippen LogP) is 3.28. The lowest BCUT2D eigenvalue weighted by Gasteiger charge is -2.18. The van der Waals surface area contributed by atoms with Crippen LogP contribution in [0.3, 0.4) is 0 Å². The number of imidazole rings is 1. The second-order valence-corrected chi connectivity index (χ2v) is 5.27. The molecule has 102 valence electrons. The third-order valence-corrected chi connectivity index (χ3v) is 3.78. The van der Waals surface area contributed by atoms with Gasteiger partial charge in [-0.15, -0.1) is 0 Å². The molecule has 1 unspecified atom stereocenters. The molecule has 1 atom stereocenters. The van der Waals surface area contributed by atoms with E-state index in [2.05, 4.69) is 33.9 Å². The molecule has 0 saturated carbocycles. The Morgan fingerprint density at radius 3 is 2.79 bits per heavy atom. The fraction of sp³-hybridized carbons (Fsp3) is 0.400. The summed E-state index contributed by atoms with van der Waals surface area (Å²) in [7, 11) is 3.99. The second kappa shape index (κ2) is 6.22. The van der Waals surface area contributed by atoms with Crippen molar-refractivity contribution in [2.45, 2.75) is 25.8 Å². The van der Waals surface area contributed by atoms with Gasteiger partial charge in [0, 0.05) is 36.9 Å². The summed E-state index contributed by atoms with van der Waals surface area (Å²) in [5.74, 6) is 1.10. The number of nitrogens with zero attached hydrogens (tertiary/aromatic N) is 2. The Morgan fingerprint density at radius 1 is 1.42 bits per heavy atom. The molecule has 0 aliphatic heterocycles. The van der Waals surface area contributed by atoms with Crippen molar-refractivity contribution in [3.05, 3.63) is 52.6 Å². The van der Waals surface area contributed by atoms with Gasteiger partial charge < -0.3 is 9.88 Å². The minimum absolute atomic E-state index is 0.254. The number of hydrogen-bond donors (Lipinski definition) is 1. The molecule has 1 N–H and O–H groups in total. The third kappa shape index (κ3) is 3.37. The van der Waals surface area contributed by atoms with E-state index in [1.807, 2.05) is 32.6 Å². The van der Waals surface area contributed by atoms with Crippen LogP contribution in [0.25, 0.3) is 0 Å². The minimum Gasteiger partial charge on any atom is -0.338 e. The van der Waals surface area contributed by atoms with Crippen molar-refractivity contribution >= 4 is 11.6 Å². The highest BCUT2D eigenvalue weighted by Gasteiger charge is 2.14. The standard InChI is InChI=1S/C15H20ClN3/c1-11-4-5-12(13(16)10-11)14(17-2)6-7-15-18-8-9-19(15)3/h4-5,8-10,14,17H,6-7H2,1-3H3. The average Bonchev–Trinajstić information content (AvgIpc) is 2.78. The molecule has 0 fully saturated rings. The van der Waals surface area contributed by atoms with Gasteiger partial charge >= 0.3 is 0 Å². The van der Waals surface area contributed by atoms with Crippen molar-refractivity contribution in [2.24, 2.45) is 7.05 Å². The maximum atomic E-state index is 6.33. The summed E-state index contributed by atoms with van der Waals surface area (Å²) in [4.78, 5) is 4.35. The highest BCUT2D eigenvalue weighted by Crippen LogP contribution is 2.26. The lowest BCUT2D eigenvalue weighted by Crippen LogP contribution is -2.18. The molecule has 1 aromatic heterocycles. The molecule has 0 bridgehead atoms. The van der Waals surface area contributed by atoms with Gasteiger partial charge in [0.05, 0.1) is 0 Å².